The normalized spacial score (nSPS) is 10.6. The average molecular weight is 490 g/mol. The van der Waals surface area contributed by atoms with E-state index in [1.165, 1.54) is 5.56 Å². The van der Waals surface area contributed by atoms with E-state index in [-0.39, 0.29) is 12.1 Å². The molecule has 0 bridgehead atoms. The minimum atomic E-state index is -0.291. The molecule has 8 nitrogen and oxygen atoms in total. The van der Waals surface area contributed by atoms with Crippen molar-refractivity contribution in [3.05, 3.63) is 89.5 Å². The Morgan fingerprint density at radius 1 is 0.806 bits per heavy atom. The first-order chi connectivity index (χ1) is 17.5. The second-order valence-corrected chi connectivity index (χ2v) is 8.33. The molecule has 190 valence electrons. The molecule has 0 aliphatic heterocycles. The van der Waals surface area contributed by atoms with E-state index in [2.05, 4.69) is 33.1 Å². The Bertz CT molecular complexity index is 1120. The molecule has 0 unspecified atom stereocenters. The summed E-state index contributed by atoms with van der Waals surface area (Å²) in [4.78, 5) is 25.8. The van der Waals surface area contributed by atoms with Gasteiger partial charge in [-0.3, -0.25) is 4.90 Å². The van der Waals surface area contributed by atoms with E-state index in [1.807, 2.05) is 72.8 Å². The van der Waals surface area contributed by atoms with Gasteiger partial charge in [-0.25, -0.2) is 9.59 Å². The van der Waals surface area contributed by atoms with Crippen LogP contribution in [0.2, 0.25) is 0 Å². The summed E-state index contributed by atoms with van der Waals surface area (Å²) in [5.74, 6) is 0.629. The quantitative estimate of drug-likeness (QED) is 0.310. The molecule has 4 N–H and O–H groups in total. The average Bonchev–Trinajstić information content (AvgIpc) is 2.91. The lowest BCUT2D eigenvalue weighted by Gasteiger charge is -2.21. The number of hydrogen-bond acceptors (Lipinski definition) is 4. The van der Waals surface area contributed by atoms with Crippen LogP contribution >= 0.6 is 0 Å². The summed E-state index contributed by atoms with van der Waals surface area (Å²) >= 11 is 0. The van der Waals surface area contributed by atoms with E-state index in [0.29, 0.717) is 18.0 Å². The Morgan fingerprint density at radius 3 is 2.14 bits per heavy atom. The predicted octanol–water partition coefficient (Wildman–Crippen LogP) is 4.83. The van der Waals surface area contributed by atoms with Crippen LogP contribution in [-0.4, -0.2) is 44.1 Å². The van der Waals surface area contributed by atoms with Crippen molar-refractivity contribution in [1.29, 1.82) is 0 Å². The molecule has 3 aromatic rings. The molecule has 0 heterocycles. The summed E-state index contributed by atoms with van der Waals surface area (Å²) in [6.45, 7) is 5.13. The van der Waals surface area contributed by atoms with Gasteiger partial charge in [0, 0.05) is 32.9 Å². The highest BCUT2D eigenvalue weighted by atomic mass is 16.5. The Labute approximate surface area is 213 Å². The van der Waals surface area contributed by atoms with Crippen LogP contribution in [0.4, 0.5) is 21.0 Å². The van der Waals surface area contributed by atoms with Gasteiger partial charge < -0.3 is 26.0 Å². The minimum Gasteiger partial charge on any atom is -0.487 e. The van der Waals surface area contributed by atoms with Gasteiger partial charge >= 0.3 is 12.1 Å². The van der Waals surface area contributed by atoms with Crippen molar-refractivity contribution in [3.63, 3.8) is 0 Å². The lowest BCUT2D eigenvalue weighted by atomic mass is 10.1. The monoisotopic (exact) mass is 489 g/mol. The van der Waals surface area contributed by atoms with Gasteiger partial charge in [0.25, 0.3) is 0 Å². The molecule has 36 heavy (non-hydrogen) atoms. The maximum Gasteiger partial charge on any atom is 0.319 e. The first-order valence-corrected chi connectivity index (χ1v) is 12.1. The van der Waals surface area contributed by atoms with E-state index in [1.54, 1.807) is 14.1 Å². The van der Waals surface area contributed by atoms with Crippen molar-refractivity contribution >= 4 is 23.4 Å². The molecule has 0 aromatic heterocycles. The number of carbonyl (C=O) groups is 2. The number of amides is 4. The number of nitrogens with one attached hydrogen (secondary N) is 4. The standard InChI is InChI=1S/C28H35N5O3/c1-4-33(19-22-10-13-24(14-11-22)31-27(34)29-2)17-16-21-12-15-26(25(18-21)32-28(35)30-3)36-20-23-8-6-5-7-9-23/h5-15,18H,4,16-17,19-20H2,1-3H3,(H2,29,31,34)(H2,30,32,35). The van der Waals surface area contributed by atoms with Crippen LogP contribution in [0.15, 0.2) is 72.8 Å². The van der Waals surface area contributed by atoms with Gasteiger partial charge in [0.2, 0.25) is 0 Å². The second kappa shape index (κ2) is 13.7. The Kier molecular flexibility index (Phi) is 10.1. The zero-order chi connectivity index (χ0) is 25.8. The molecule has 4 amide bonds. The van der Waals surface area contributed by atoms with Crippen molar-refractivity contribution in [2.75, 3.05) is 37.8 Å². The number of benzene rings is 3. The largest absolute Gasteiger partial charge is 0.487 e. The first kappa shape index (κ1) is 26.6. The number of urea groups is 2. The fourth-order valence-electron chi connectivity index (χ4n) is 3.66. The van der Waals surface area contributed by atoms with Gasteiger partial charge in [0.1, 0.15) is 12.4 Å². The van der Waals surface area contributed by atoms with Gasteiger partial charge in [0.15, 0.2) is 0 Å². The summed E-state index contributed by atoms with van der Waals surface area (Å²) in [6.07, 6.45) is 0.825. The molecule has 0 atom stereocenters. The third kappa shape index (κ3) is 8.32. The third-order valence-corrected chi connectivity index (χ3v) is 5.77. The topological polar surface area (TPSA) is 94.7 Å². The first-order valence-electron chi connectivity index (χ1n) is 12.1. The van der Waals surface area contributed by atoms with Gasteiger partial charge in [-0.1, -0.05) is 55.5 Å². The summed E-state index contributed by atoms with van der Waals surface area (Å²) in [5.41, 5.74) is 4.74. The van der Waals surface area contributed by atoms with Crippen LogP contribution in [0.1, 0.15) is 23.6 Å². The number of nitrogens with zero attached hydrogens (tertiary/aromatic N) is 1. The fourth-order valence-corrected chi connectivity index (χ4v) is 3.66. The number of anilines is 2. The number of ether oxygens (including phenoxy) is 1. The van der Waals surface area contributed by atoms with Crippen LogP contribution in [0.3, 0.4) is 0 Å². The highest BCUT2D eigenvalue weighted by Crippen LogP contribution is 2.27. The van der Waals surface area contributed by atoms with E-state index < -0.39 is 0 Å². The SMILES string of the molecule is CCN(CCc1ccc(OCc2ccccc2)c(NC(=O)NC)c1)Cc1ccc(NC(=O)NC)cc1. The van der Waals surface area contributed by atoms with E-state index in [9.17, 15) is 9.59 Å². The Morgan fingerprint density at radius 2 is 1.47 bits per heavy atom. The van der Waals surface area contributed by atoms with Crippen LogP contribution in [-0.2, 0) is 19.6 Å². The minimum absolute atomic E-state index is 0.236. The van der Waals surface area contributed by atoms with Gasteiger partial charge in [-0.15, -0.1) is 0 Å². The van der Waals surface area contributed by atoms with Crippen LogP contribution in [0.5, 0.6) is 5.75 Å². The highest BCUT2D eigenvalue weighted by molar-refractivity contribution is 5.91. The van der Waals surface area contributed by atoms with E-state index in [0.717, 1.165) is 42.9 Å². The van der Waals surface area contributed by atoms with E-state index >= 15 is 0 Å². The zero-order valence-electron chi connectivity index (χ0n) is 21.1. The molecule has 0 radical (unpaired) electrons. The molecular formula is C28H35N5O3. The molecule has 0 fully saturated rings. The lowest BCUT2D eigenvalue weighted by molar-refractivity contribution is 0.253. The summed E-state index contributed by atoms with van der Waals surface area (Å²) in [6, 6.07) is 23.2. The van der Waals surface area contributed by atoms with Crippen molar-refractivity contribution in [2.45, 2.75) is 26.5 Å². The van der Waals surface area contributed by atoms with Crippen molar-refractivity contribution in [3.8, 4) is 5.75 Å². The Hall–Kier alpha value is -4.04. The summed E-state index contributed by atoms with van der Waals surface area (Å²) < 4.78 is 6.01. The molecule has 0 saturated heterocycles. The smallest absolute Gasteiger partial charge is 0.319 e. The van der Waals surface area contributed by atoms with Crippen molar-refractivity contribution in [2.24, 2.45) is 0 Å². The third-order valence-electron chi connectivity index (χ3n) is 5.77. The predicted molar refractivity (Wildman–Crippen MR) is 144 cm³/mol. The fraction of sp³-hybridized carbons (Fsp3) is 0.286. The Balaban J connectivity index is 1.62. The van der Waals surface area contributed by atoms with Gasteiger partial charge in [0.05, 0.1) is 5.69 Å². The molecule has 3 aromatic carbocycles. The van der Waals surface area contributed by atoms with Gasteiger partial charge in [-0.2, -0.15) is 0 Å². The maximum atomic E-state index is 12.0. The summed E-state index contributed by atoms with van der Waals surface area (Å²) in [7, 11) is 3.18. The number of likely N-dealkylation sites (N-methyl/N-ethyl adjacent to an activating group) is 1. The molecule has 0 saturated carbocycles. The van der Waals surface area contributed by atoms with Crippen LogP contribution in [0, 0.1) is 0 Å². The summed E-state index contributed by atoms with van der Waals surface area (Å²) in [5, 5.41) is 10.8. The number of carbonyl (C=O) groups excluding carboxylic acids is 2. The van der Waals surface area contributed by atoms with Crippen molar-refractivity contribution in [1.82, 2.24) is 15.5 Å². The van der Waals surface area contributed by atoms with Crippen LogP contribution in [0.25, 0.3) is 0 Å². The molecule has 3 rings (SSSR count). The van der Waals surface area contributed by atoms with Gasteiger partial charge in [-0.05, 0) is 53.9 Å². The number of hydrogen-bond donors (Lipinski definition) is 4. The lowest BCUT2D eigenvalue weighted by Crippen LogP contribution is -2.26. The van der Waals surface area contributed by atoms with Crippen LogP contribution < -0.4 is 26.0 Å². The molecule has 0 aliphatic rings. The molecule has 8 heteroatoms. The highest BCUT2D eigenvalue weighted by Gasteiger charge is 2.11. The second-order valence-electron chi connectivity index (χ2n) is 8.33. The van der Waals surface area contributed by atoms with E-state index in [4.69, 9.17) is 4.74 Å². The van der Waals surface area contributed by atoms with Crippen molar-refractivity contribution < 1.29 is 14.3 Å². The molecule has 0 aliphatic carbocycles. The molecular weight excluding hydrogens is 454 g/mol. The maximum absolute atomic E-state index is 12.0. The zero-order valence-corrected chi connectivity index (χ0v) is 21.1. The number of rotatable bonds is 11. The molecule has 0 spiro atoms.